The van der Waals surface area contributed by atoms with Crippen molar-refractivity contribution < 1.29 is 19.1 Å². The van der Waals surface area contributed by atoms with Gasteiger partial charge in [-0.1, -0.05) is 37.3 Å². The molecule has 1 aromatic carbocycles. The standard InChI is InChI=1S/C23H30N4O4S/c1-2-26-10-6-9-18(26)12-24-23(30)31-14-17-13-27-21(29)20(22(27)32-15-17)25-19(28)11-16-7-4-3-5-8-16/h3-5,7-8,13,18,20,22H,2,6,9-12,14-15H2,1H3,(H,24,30)(H,25,28)/t18?,20?,22-/m0/s1. The summed E-state index contributed by atoms with van der Waals surface area (Å²) in [5.41, 5.74) is 1.79. The average Bonchev–Trinajstić information content (AvgIpc) is 3.28. The second-order valence-electron chi connectivity index (χ2n) is 8.32. The zero-order valence-corrected chi connectivity index (χ0v) is 19.1. The number of carbonyl (C=O) groups is 3. The van der Waals surface area contributed by atoms with Gasteiger partial charge in [-0.2, -0.15) is 0 Å². The Balaban J connectivity index is 1.20. The van der Waals surface area contributed by atoms with E-state index in [-0.39, 0.29) is 30.2 Å². The lowest BCUT2D eigenvalue weighted by molar-refractivity contribution is -0.144. The van der Waals surface area contributed by atoms with Gasteiger partial charge < -0.3 is 20.3 Å². The van der Waals surface area contributed by atoms with Gasteiger partial charge in [0.1, 0.15) is 18.0 Å². The maximum atomic E-state index is 12.5. The van der Waals surface area contributed by atoms with Gasteiger partial charge in [0.25, 0.3) is 5.91 Å². The van der Waals surface area contributed by atoms with Crippen LogP contribution in [0.4, 0.5) is 4.79 Å². The van der Waals surface area contributed by atoms with Crippen LogP contribution in [0.3, 0.4) is 0 Å². The summed E-state index contributed by atoms with van der Waals surface area (Å²) in [6.45, 7) is 4.96. The number of likely N-dealkylation sites (N-methyl/N-ethyl adjacent to an activating group) is 1. The summed E-state index contributed by atoms with van der Waals surface area (Å²) in [6, 6.07) is 9.33. The van der Waals surface area contributed by atoms with Crippen molar-refractivity contribution in [1.82, 2.24) is 20.4 Å². The Morgan fingerprint density at radius 3 is 2.84 bits per heavy atom. The molecule has 2 fully saturated rings. The second kappa shape index (κ2) is 10.4. The first kappa shape index (κ1) is 22.7. The molecule has 0 aliphatic carbocycles. The first-order valence-corrected chi connectivity index (χ1v) is 12.2. The van der Waals surface area contributed by atoms with E-state index >= 15 is 0 Å². The van der Waals surface area contributed by atoms with Gasteiger partial charge in [0, 0.05) is 24.5 Å². The van der Waals surface area contributed by atoms with Crippen LogP contribution < -0.4 is 10.6 Å². The third kappa shape index (κ3) is 5.27. The normalized spacial score (nSPS) is 24.9. The van der Waals surface area contributed by atoms with Crippen molar-refractivity contribution in [3.05, 3.63) is 47.7 Å². The van der Waals surface area contributed by atoms with E-state index in [2.05, 4.69) is 22.5 Å². The quantitative estimate of drug-likeness (QED) is 0.577. The van der Waals surface area contributed by atoms with Crippen LogP contribution in [0.2, 0.25) is 0 Å². The van der Waals surface area contributed by atoms with Crippen molar-refractivity contribution in [3.8, 4) is 0 Å². The molecule has 4 rings (SSSR count). The number of carbonyl (C=O) groups excluding carboxylic acids is 3. The molecule has 8 nitrogen and oxygen atoms in total. The number of thioether (sulfide) groups is 1. The summed E-state index contributed by atoms with van der Waals surface area (Å²) in [6.07, 6.45) is 3.84. The number of nitrogens with one attached hydrogen (secondary N) is 2. The minimum absolute atomic E-state index is 0.109. The Kier molecular flexibility index (Phi) is 7.36. The molecule has 172 valence electrons. The summed E-state index contributed by atoms with van der Waals surface area (Å²) in [5.74, 6) is 0.360. The van der Waals surface area contributed by atoms with Gasteiger partial charge in [0.15, 0.2) is 0 Å². The number of benzene rings is 1. The predicted octanol–water partition coefficient (Wildman–Crippen LogP) is 1.72. The van der Waals surface area contributed by atoms with Gasteiger partial charge in [0.05, 0.1) is 6.42 Å². The Morgan fingerprint density at radius 2 is 2.06 bits per heavy atom. The highest BCUT2D eigenvalue weighted by atomic mass is 32.2. The third-order valence-electron chi connectivity index (χ3n) is 6.14. The largest absolute Gasteiger partial charge is 0.445 e. The van der Waals surface area contributed by atoms with E-state index in [9.17, 15) is 14.4 Å². The molecule has 3 heterocycles. The van der Waals surface area contributed by atoms with Crippen LogP contribution in [0, 0.1) is 0 Å². The number of likely N-dealkylation sites (tertiary alicyclic amines) is 1. The fourth-order valence-electron chi connectivity index (χ4n) is 4.40. The van der Waals surface area contributed by atoms with Gasteiger partial charge in [-0.05, 0) is 37.1 Å². The summed E-state index contributed by atoms with van der Waals surface area (Å²) >= 11 is 1.57. The third-order valence-corrected chi connectivity index (χ3v) is 7.52. The van der Waals surface area contributed by atoms with Gasteiger partial charge >= 0.3 is 6.09 Å². The maximum absolute atomic E-state index is 12.5. The molecule has 32 heavy (non-hydrogen) atoms. The monoisotopic (exact) mass is 458 g/mol. The van der Waals surface area contributed by atoms with Gasteiger partial charge in [-0.3, -0.25) is 14.5 Å². The summed E-state index contributed by atoms with van der Waals surface area (Å²) in [7, 11) is 0. The number of rotatable bonds is 8. The number of ether oxygens (including phenoxy) is 1. The Labute approximate surface area is 192 Å². The lowest BCUT2D eigenvalue weighted by atomic mass is 10.1. The molecule has 0 bridgehead atoms. The molecule has 0 radical (unpaired) electrons. The summed E-state index contributed by atoms with van der Waals surface area (Å²) < 4.78 is 5.35. The summed E-state index contributed by atoms with van der Waals surface area (Å²) in [5, 5.41) is 5.60. The van der Waals surface area contributed by atoms with Crippen molar-refractivity contribution >= 4 is 29.7 Å². The first-order valence-electron chi connectivity index (χ1n) is 11.2. The van der Waals surface area contributed by atoms with E-state index in [1.54, 1.807) is 22.9 Å². The molecule has 2 saturated heterocycles. The average molecular weight is 459 g/mol. The fraction of sp³-hybridized carbons (Fsp3) is 0.522. The van der Waals surface area contributed by atoms with Crippen LogP contribution in [0.25, 0.3) is 0 Å². The zero-order chi connectivity index (χ0) is 22.5. The molecule has 3 atom stereocenters. The highest BCUT2D eigenvalue weighted by Crippen LogP contribution is 2.36. The maximum Gasteiger partial charge on any atom is 0.407 e. The van der Waals surface area contributed by atoms with Crippen LogP contribution in [0.15, 0.2) is 42.1 Å². The molecular weight excluding hydrogens is 428 g/mol. The molecule has 2 unspecified atom stereocenters. The predicted molar refractivity (Wildman–Crippen MR) is 123 cm³/mol. The van der Waals surface area contributed by atoms with E-state index in [4.69, 9.17) is 4.74 Å². The van der Waals surface area contributed by atoms with Gasteiger partial charge in [-0.15, -0.1) is 11.8 Å². The van der Waals surface area contributed by atoms with Crippen LogP contribution in [-0.4, -0.2) is 77.2 Å². The van der Waals surface area contributed by atoms with Crippen LogP contribution in [0.1, 0.15) is 25.3 Å². The number of nitrogens with zero attached hydrogens (tertiary/aromatic N) is 2. The number of hydrogen-bond acceptors (Lipinski definition) is 6. The fourth-order valence-corrected chi connectivity index (χ4v) is 5.64. The minimum atomic E-state index is -0.508. The number of amides is 3. The van der Waals surface area contributed by atoms with Crippen molar-refractivity contribution in [2.45, 2.75) is 43.6 Å². The molecule has 0 aromatic heterocycles. The SMILES string of the molecule is CCN1CCCC1CNC(=O)OCC1=CN2C(=O)C(NC(=O)Cc3ccccc3)[C@@H]2SC1. The van der Waals surface area contributed by atoms with E-state index in [0.717, 1.165) is 37.1 Å². The van der Waals surface area contributed by atoms with E-state index in [1.807, 2.05) is 30.3 Å². The van der Waals surface area contributed by atoms with Crippen molar-refractivity contribution in [3.63, 3.8) is 0 Å². The summed E-state index contributed by atoms with van der Waals surface area (Å²) in [4.78, 5) is 40.9. The lowest BCUT2D eigenvalue weighted by Crippen LogP contribution is -2.68. The molecule has 3 aliphatic rings. The van der Waals surface area contributed by atoms with Crippen molar-refractivity contribution in [2.75, 3.05) is 32.0 Å². The van der Waals surface area contributed by atoms with Crippen LogP contribution >= 0.6 is 11.8 Å². The lowest BCUT2D eigenvalue weighted by Gasteiger charge is -2.47. The molecular formula is C23H30N4O4S. The Morgan fingerprint density at radius 1 is 1.25 bits per heavy atom. The molecule has 0 spiro atoms. The number of fused-ring (bicyclic) bond motifs is 1. The van der Waals surface area contributed by atoms with Gasteiger partial charge in [-0.25, -0.2) is 4.79 Å². The molecule has 9 heteroatoms. The van der Waals surface area contributed by atoms with Crippen LogP contribution in [-0.2, 0) is 20.7 Å². The smallest absolute Gasteiger partial charge is 0.407 e. The van der Waals surface area contributed by atoms with Crippen molar-refractivity contribution in [2.24, 2.45) is 0 Å². The van der Waals surface area contributed by atoms with Crippen molar-refractivity contribution in [1.29, 1.82) is 0 Å². The molecule has 3 amide bonds. The number of alkyl carbamates (subject to hydrolysis) is 1. The van der Waals surface area contributed by atoms with E-state index < -0.39 is 12.1 Å². The number of β-lactam (4-membered cyclic amide) rings is 1. The van der Waals surface area contributed by atoms with E-state index in [1.165, 1.54) is 0 Å². The highest BCUT2D eigenvalue weighted by molar-refractivity contribution is 8.00. The highest BCUT2D eigenvalue weighted by Gasteiger charge is 2.49. The Hall–Kier alpha value is -2.52. The van der Waals surface area contributed by atoms with Crippen LogP contribution in [0.5, 0.6) is 0 Å². The second-order valence-corrected chi connectivity index (χ2v) is 9.43. The molecule has 2 N–H and O–H groups in total. The minimum Gasteiger partial charge on any atom is -0.445 e. The Bertz CT molecular complexity index is 878. The molecule has 3 aliphatic heterocycles. The van der Waals surface area contributed by atoms with E-state index in [0.29, 0.717) is 18.3 Å². The first-order chi connectivity index (χ1) is 15.5. The van der Waals surface area contributed by atoms with Gasteiger partial charge in [0.2, 0.25) is 5.91 Å². The topological polar surface area (TPSA) is 91.0 Å². The number of hydrogen-bond donors (Lipinski definition) is 2. The molecule has 0 saturated carbocycles. The molecule has 1 aromatic rings. The zero-order valence-electron chi connectivity index (χ0n) is 18.3.